The van der Waals surface area contributed by atoms with Crippen LogP contribution in [0.4, 0.5) is 5.69 Å². The Labute approximate surface area is 137 Å². The highest BCUT2D eigenvalue weighted by molar-refractivity contribution is 7.93. The standard InChI is InChI=1S/C15H10Cl2N2O2S/c16-12-5-1-3-10-4-2-6-13(15(10)12)22(20,21)19-11-7-8-14(17)18-9-11/h1-9,19H. The molecular weight excluding hydrogens is 343 g/mol. The Hall–Kier alpha value is -1.82. The first-order valence-corrected chi connectivity index (χ1v) is 8.53. The van der Waals surface area contributed by atoms with Gasteiger partial charge in [0.05, 0.1) is 16.8 Å². The highest BCUT2D eigenvalue weighted by atomic mass is 35.5. The maximum atomic E-state index is 12.6. The fourth-order valence-corrected chi connectivity index (χ4v) is 3.88. The number of nitrogens with zero attached hydrogens (tertiary/aromatic N) is 1. The summed E-state index contributed by atoms with van der Waals surface area (Å²) in [5.74, 6) is 0. The van der Waals surface area contributed by atoms with E-state index in [2.05, 4.69) is 9.71 Å². The molecule has 3 aromatic rings. The lowest BCUT2D eigenvalue weighted by atomic mass is 10.1. The Morgan fingerprint density at radius 2 is 1.68 bits per heavy atom. The fourth-order valence-electron chi connectivity index (χ4n) is 2.13. The zero-order valence-electron chi connectivity index (χ0n) is 11.1. The molecule has 0 radical (unpaired) electrons. The monoisotopic (exact) mass is 352 g/mol. The molecule has 3 rings (SSSR count). The second kappa shape index (κ2) is 5.76. The number of halogens is 2. The minimum Gasteiger partial charge on any atom is -0.278 e. The molecule has 0 spiro atoms. The molecule has 1 N–H and O–H groups in total. The van der Waals surface area contributed by atoms with E-state index in [0.29, 0.717) is 16.1 Å². The van der Waals surface area contributed by atoms with Gasteiger partial charge in [-0.15, -0.1) is 0 Å². The van der Waals surface area contributed by atoms with Crippen LogP contribution in [0.1, 0.15) is 0 Å². The molecule has 0 saturated heterocycles. The van der Waals surface area contributed by atoms with E-state index in [0.717, 1.165) is 5.39 Å². The molecule has 112 valence electrons. The van der Waals surface area contributed by atoms with Crippen molar-refractivity contribution in [2.75, 3.05) is 4.72 Å². The molecule has 0 unspecified atom stereocenters. The molecule has 22 heavy (non-hydrogen) atoms. The Morgan fingerprint density at radius 3 is 2.36 bits per heavy atom. The maximum Gasteiger partial charge on any atom is 0.262 e. The van der Waals surface area contributed by atoms with Gasteiger partial charge in [0.15, 0.2) is 0 Å². The molecule has 1 heterocycles. The van der Waals surface area contributed by atoms with Crippen molar-refractivity contribution in [1.82, 2.24) is 4.98 Å². The van der Waals surface area contributed by atoms with E-state index in [9.17, 15) is 8.42 Å². The quantitative estimate of drug-likeness (QED) is 0.713. The molecule has 1 aromatic heterocycles. The molecule has 7 heteroatoms. The number of aromatic nitrogens is 1. The molecule has 2 aromatic carbocycles. The Balaban J connectivity index is 2.11. The predicted molar refractivity (Wildman–Crippen MR) is 89.0 cm³/mol. The molecule has 0 aliphatic heterocycles. The van der Waals surface area contributed by atoms with Gasteiger partial charge in [0.2, 0.25) is 0 Å². The molecule has 0 saturated carbocycles. The van der Waals surface area contributed by atoms with Gasteiger partial charge in [-0.05, 0) is 29.7 Å². The minimum absolute atomic E-state index is 0.116. The SMILES string of the molecule is O=S(=O)(Nc1ccc(Cl)nc1)c1cccc2cccc(Cl)c12. The molecule has 0 atom stereocenters. The third-order valence-electron chi connectivity index (χ3n) is 3.08. The number of hydrogen-bond donors (Lipinski definition) is 1. The van der Waals surface area contributed by atoms with Gasteiger partial charge in [-0.25, -0.2) is 13.4 Å². The number of benzene rings is 2. The lowest BCUT2D eigenvalue weighted by Gasteiger charge is -2.11. The topological polar surface area (TPSA) is 59.1 Å². The Bertz CT molecular complexity index is 936. The maximum absolute atomic E-state index is 12.6. The highest BCUT2D eigenvalue weighted by Crippen LogP contribution is 2.30. The number of hydrogen-bond acceptors (Lipinski definition) is 3. The van der Waals surface area contributed by atoms with Crippen LogP contribution in [-0.2, 0) is 10.0 Å². The van der Waals surface area contributed by atoms with Crippen LogP contribution in [0.25, 0.3) is 10.8 Å². The largest absolute Gasteiger partial charge is 0.278 e. The summed E-state index contributed by atoms with van der Waals surface area (Å²) >= 11 is 11.9. The van der Waals surface area contributed by atoms with Crippen molar-refractivity contribution in [2.45, 2.75) is 4.90 Å². The molecule has 0 fully saturated rings. The summed E-state index contributed by atoms with van der Waals surface area (Å²) in [6.45, 7) is 0. The van der Waals surface area contributed by atoms with Gasteiger partial charge in [-0.1, -0.05) is 47.5 Å². The number of nitrogens with one attached hydrogen (secondary N) is 1. The van der Waals surface area contributed by atoms with E-state index in [4.69, 9.17) is 23.2 Å². The second-order valence-electron chi connectivity index (χ2n) is 4.57. The van der Waals surface area contributed by atoms with Crippen molar-refractivity contribution < 1.29 is 8.42 Å². The van der Waals surface area contributed by atoms with Gasteiger partial charge in [0, 0.05) is 10.4 Å². The summed E-state index contributed by atoms with van der Waals surface area (Å²) in [6.07, 6.45) is 1.35. The van der Waals surface area contributed by atoms with Crippen LogP contribution in [-0.4, -0.2) is 13.4 Å². The first kappa shape index (κ1) is 15.1. The fraction of sp³-hybridized carbons (Fsp3) is 0. The van der Waals surface area contributed by atoms with Crippen molar-refractivity contribution in [1.29, 1.82) is 0 Å². The number of anilines is 1. The molecule has 0 bridgehead atoms. The average Bonchev–Trinajstić information content (AvgIpc) is 2.49. The number of pyridine rings is 1. The first-order valence-electron chi connectivity index (χ1n) is 6.29. The van der Waals surface area contributed by atoms with Crippen LogP contribution < -0.4 is 4.72 Å². The van der Waals surface area contributed by atoms with Gasteiger partial charge in [0.25, 0.3) is 10.0 Å². The minimum atomic E-state index is -3.79. The van der Waals surface area contributed by atoms with E-state index in [1.165, 1.54) is 18.3 Å². The van der Waals surface area contributed by atoms with Crippen LogP contribution in [0, 0.1) is 0 Å². The number of sulfonamides is 1. The average molecular weight is 353 g/mol. The zero-order valence-corrected chi connectivity index (χ0v) is 13.5. The summed E-state index contributed by atoms with van der Waals surface area (Å²) in [4.78, 5) is 3.97. The summed E-state index contributed by atoms with van der Waals surface area (Å²) in [6, 6.07) is 13.3. The van der Waals surface area contributed by atoms with E-state index in [1.807, 2.05) is 12.1 Å². The predicted octanol–water partition coefficient (Wildman–Crippen LogP) is 4.34. The van der Waals surface area contributed by atoms with Gasteiger partial charge < -0.3 is 0 Å². The van der Waals surface area contributed by atoms with E-state index >= 15 is 0 Å². The van der Waals surface area contributed by atoms with Crippen LogP contribution in [0.5, 0.6) is 0 Å². The van der Waals surface area contributed by atoms with E-state index < -0.39 is 10.0 Å². The van der Waals surface area contributed by atoms with Crippen molar-refractivity contribution in [3.63, 3.8) is 0 Å². The zero-order chi connectivity index (χ0) is 15.7. The third-order valence-corrected chi connectivity index (χ3v) is 5.05. The van der Waals surface area contributed by atoms with Gasteiger partial charge in [-0.3, -0.25) is 4.72 Å². The van der Waals surface area contributed by atoms with Crippen molar-refractivity contribution in [2.24, 2.45) is 0 Å². The highest BCUT2D eigenvalue weighted by Gasteiger charge is 2.19. The van der Waals surface area contributed by atoms with E-state index in [1.54, 1.807) is 24.3 Å². The van der Waals surface area contributed by atoms with Crippen LogP contribution >= 0.6 is 23.2 Å². The second-order valence-corrected chi connectivity index (χ2v) is 7.01. The smallest absolute Gasteiger partial charge is 0.262 e. The van der Waals surface area contributed by atoms with Crippen LogP contribution in [0.3, 0.4) is 0 Å². The molecular formula is C15H10Cl2N2O2S. The molecule has 4 nitrogen and oxygen atoms in total. The summed E-state index contributed by atoms with van der Waals surface area (Å²) in [5.41, 5.74) is 0.327. The van der Waals surface area contributed by atoms with Crippen LogP contribution in [0.15, 0.2) is 59.6 Å². The Kier molecular flexibility index (Phi) is 3.95. The lowest BCUT2D eigenvalue weighted by Crippen LogP contribution is -2.13. The number of fused-ring (bicyclic) bond motifs is 1. The van der Waals surface area contributed by atoms with Gasteiger partial charge in [0.1, 0.15) is 5.15 Å². The van der Waals surface area contributed by atoms with Crippen molar-refractivity contribution in [3.05, 3.63) is 64.9 Å². The van der Waals surface area contributed by atoms with Crippen molar-refractivity contribution in [3.8, 4) is 0 Å². The lowest BCUT2D eigenvalue weighted by molar-refractivity contribution is 0.602. The van der Waals surface area contributed by atoms with Crippen LogP contribution in [0.2, 0.25) is 10.2 Å². The third kappa shape index (κ3) is 2.88. The molecule has 0 aliphatic rings. The van der Waals surface area contributed by atoms with Gasteiger partial charge >= 0.3 is 0 Å². The molecule has 0 amide bonds. The number of rotatable bonds is 3. The van der Waals surface area contributed by atoms with Gasteiger partial charge in [-0.2, -0.15) is 0 Å². The van der Waals surface area contributed by atoms with Crippen molar-refractivity contribution >= 4 is 49.7 Å². The summed E-state index contributed by atoms with van der Waals surface area (Å²) < 4.78 is 27.7. The van der Waals surface area contributed by atoms with E-state index in [-0.39, 0.29) is 10.0 Å². The summed E-state index contributed by atoms with van der Waals surface area (Å²) in [7, 11) is -3.79. The molecule has 0 aliphatic carbocycles. The normalized spacial score (nSPS) is 11.5. The summed E-state index contributed by atoms with van der Waals surface area (Å²) in [5, 5.41) is 1.91. The Morgan fingerprint density at radius 1 is 0.955 bits per heavy atom. The first-order chi connectivity index (χ1) is 10.5.